The van der Waals surface area contributed by atoms with Crippen LogP contribution in [-0.4, -0.2) is 43.5 Å². The number of benzene rings is 1. The molecule has 4 nitrogen and oxygen atoms in total. The van der Waals surface area contributed by atoms with Crippen LogP contribution in [0.15, 0.2) is 41.8 Å². The molecule has 0 aliphatic rings. The lowest BCUT2D eigenvalue weighted by molar-refractivity contribution is -0.130. The molecule has 0 atom stereocenters. The molecule has 1 heterocycles. The Kier molecular flexibility index (Phi) is 5.98. The number of likely N-dealkylation sites (N-methyl/N-ethyl adjacent to an activating group) is 1. The summed E-state index contributed by atoms with van der Waals surface area (Å²) >= 11 is 1.71. The third-order valence-electron chi connectivity index (χ3n) is 3.40. The van der Waals surface area contributed by atoms with Gasteiger partial charge in [0.25, 0.3) is 0 Å². The number of carbonyl (C=O) groups is 1. The fraction of sp³-hybridized carbons (Fsp3) is 0.353. The normalized spacial score (nSPS) is 10.7. The second kappa shape index (κ2) is 7.96. The van der Waals surface area contributed by atoms with Crippen LogP contribution in [0.25, 0.3) is 0 Å². The zero-order valence-corrected chi connectivity index (χ0v) is 14.1. The van der Waals surface area contributed by atoms with E-state index in [-0.39, 0.29) is 5.91 Å². The summed E-state index contributed by atoms with van der Waals surface area (Å²) in [5.41, 5.74) is 1.09. The monoisotopic (exact) mass is 318 g/mol. The number of nitrogens with zero attached hydrogens (tertiary/aromatic N) is 2. The van der Waals surface area contributed by atoms with Gasteiger partial charge in [-0.3, -0.25) is 9.69 Å². The number of para-hydroxylation sites is 1. The van der Waals surface area contributed by atoms with Crippen molar-refractivity contribution in [1.82, 2.24) is 9.80 Å². The smallest absolute Gasteiger partial charge is 0.236 e. The van der Waals surface area contributed by atoms with Crippen LogP contribution in [0.2, 0.25) is 0 Å². The van der Waals surface area contributed by atoms with Gasteiger partial charge < -0.3 is 9.64 Å². The van der Waals surface area contributed by atoms with Crippen LogP contribution in [0.3, 0.4) is 0 Å². The number of hydrogen-bond acceptors (Lipinski definition) is 4. The maximum Gasteiger partial charge on any atom is 0.236 e. The predicted octanol–water partition coefficient (Wildman–Crippen LogP) is 2.85. The van der Waals surface area contributed by atoms with E-state index in [1.165, 1.54) is 4.88 Å². The Labute approximate surface area is 135 Å². The van der Waals surface area contributed by atoms with E-state index in [1.807, 2.05) is 30.3 Å². The van der Waals surface area contributed by atoms with Crippen molar-refractivity contribution in [2.75, 3.05) is 27.7 Å². The number of carbonyl (C=O) groups excluding carboxylic acids is 1. The first-order chi connectivity index (χ1) is 10.6. The molecular formula is C17H22N2O2S. The maximum atomic E-state index is 12.1. The highest BCUT2D eigenvalue weighted by Gasteiger charge is 2.15. The van der Waals surface area contributed by atoms with Crippen molar-refractivity contribution in [3.05, 3.63) is 52.2 Å². The average Bonchev–Trinajstić information content (AvgIpc) is 3.00. The topological polar surface area (TPSA) is 32.8 Å². The van der Waals surface area contributed by atoms with Crippen LogP contribution in [0.4, 0.5) is 0 Å². The van der Waals surface area contributed by atoms with Crippen molar-refractivity contribution in [3.8, 4) is 5.75 Å². The Balaban J connectivity index is 2.14. The van der Waals surface area contributed by atoms with E-state index in [9.17, 15) is 4.79 Å². The van der Waals surface area contributed by atoms with Crippen molar-refractivity contribution in [2.24, 2.45) is 0 Å². The van der Waals surface area contributed by atoms with Crippen molar-refractivity contribution in [2.45, 2.75) is 13.1 Å². The molecular weight excluding hydrogens is 296 g/mol. The molecule has 0 unspecified atom stereocenters. The summed E-state index contributed by atoms with van der Waals surface area (Å²) in [5, 5.41) is 2.06. The van der Waals surface area contributed by atoms with Gasteiger partial charge in [-0.2, -0.15) is 0 Å². The zero-order valence-electron chi connectivity index (χ0n) is 13.3. The fourth-order valence-corrected chi connectivity index (χ4v) is 2.94. The van der Waals surface area contributed by atoms with E-state index in [2.05, 4.69) is 16.3 Å². The molecule has 0 saturated carbocycles. The molecule has 0 fully saturated rings. The molecule has 2 rings (SSSR count). The lowest BCUT2D eigenvalue weighted by atomic mass is 10.2. The Morgan fingerprint density at radius 2 is 1.91 bits per heavy atom. The van der Waals surface area contributed by atoms with E-state index >= 15 is 0 Å². The summed E-state index contributed by atoms with van der Waals surface area (Å²) in [7, 11) is 5.25. The summed E-state index contributed by atoms with van der Waals surface area (Å²) in [5.74, 6) is 0.961. The van der Waals surface area contributed by atoms with E-state index in [0.29, 0.717) is 13.1 Å². The van der Waals surface area contributed by atoms with Crippen LogP contribution in [0.5, 0.6) is 5.75 Å². The van der Waals surface area contributed by atoms with Crippen LogP contribution >= 0.6 is 11.3 Å². The Morgan fingerprint density at radius 1 is 1.14 bits per heavy atom. The summed E-state index contributed by atoms with van der Waals surface area (Å²) < 4.78 is 5.41. The molecule has 5 heteroatoms. The first-order valence-electron chi connectivity index (χ1n) is 7.17. The lowest BCUT2D eigenvalue weighted by Crippen LogP contribution is -2.35. The molecule has 0 bridgehead atoms. The number of amides is 1. The highest BCUT2D eigenvalue weighted by atomic mass is 32.1. The molecule has 1 amide bonds. The predicted molar refractivity (Wildman–Crippen MR) is 90.1 cm³/mol. The van der Waals surface area contributed by atoms with Gasteiger partial charge in [-0.15, -0.1) is 11.3 Å². The van der Waals surface area contributed by atoms with Crippen LogP contribution in [-0.2, 0) is 17.9 Å². The van der Waals surface area contributed by atoms with Gasteiger partial charge in [0.05, 0.1) is 13.7 Å². The number of thiophene rings is 1. The van der Waals surface area contributed by atoms with Crippen molar-refractivity contribution in [1.29, 1.82) is 0 Å². The fourth-order valence-electron chi connectivity index (χ4n) is 2.20. The first kappa shape index (κ1) is 16.5. The number of rotatable bonds is 7. The molecule has 22 heavy (non-hydrogen) atoms. The SMILES string of the molecule is COc1ccccc1CN(CC(=O)N(C)C)Cc1cccs1. The summed E-state index contributed by atoms with van der Waals surface area (Å²) in [6, 6.07) is 12.1. The Hall–Kier alpha value is -1.85. The van der Waals surface area contributed by atoms with Crippen molar-refractivity contribution < 1.29 is 9.53 Å². The van der Waals surface area contributed by atoms with E-state index in [1.54, 1.807) is 37.4 Å². The molecule has 118 valence electrons. The summed E-state index contributed by atoms with van der Waals surface area (Å²) in [6.45, 7) is 1.83. The second-order valence-electron chi connectivity index (χ2n) is 5.32. The highest BCUT2D eigenvalue weighted by Crippen LogP contribution is 2.21. The van der Waals surface area contributed by atoms with Crippen LogP contribution < -0.4 is 4.74 Å². The molecule has 0 saturated heterocycles. The van der Waals surface area contributed by atoms with Gasteiger partial charge in [-0.25, -0.2) is 0 Å². The largest absolute Gasteiger partial charge is 0.496 e. The molecule has 1 aromatic carbocycles. The van der Waals surface area contributed by atoms with E-state index in [4.69, 9.17) is 4.74 Å². The highest BCUT2D eigenvalue weighted by molar-refractivity contribution is 7.09. The van der Waals surface area contributed by atoms with Gasteiger partial charge >= 0.3 is 0 Å². The van der Waals surface area contributed by atoms with Gasteiger partial charge in [0.1, 0.15) is 5.75 Å². The van der Waals surface area contributed by atoms with Crippen LogP contribution in [0, 0.1) is 0 Å². The van der Waals surface area contributed by atoms with E-state index in [0.717, 1.165) is 17.9 Å². The molecule has 0 aliphatic carbocycles. The Bertz CT molecular complexity index is 596. The Morgan fingerprint density at radius 3 is 2.55 bits per heavy atom. The van der Waals surface area contributed by atoms with Gasteiger partial charge in [0.15, 0.2) is 0 Å². The zero-order chi connectivity index (χ0) is 15.9. The van der Waals surface area contributed by atoms with Gasteiger partial charge in [-0.1, -0.05) is 24.3 Å². The minimum Gasteiger partial charge on any atom is -0.496 e. The summed E-state index contributed by atoms with van der Waals surface area (Å²) in [4.78, 5) is 17.1. The third kappa shape index (κ3) is 4.58. The number of methoxy groups -OCH3 is 1. The van der Waals surface area contributed by atoms with Crippen LogP contribution in [0.1, 0.15) is 10.4 Å². The molecule has 0 aliphatic heterocycles. The average molecular weight is 318 g/mol. The van der Waals surface area contributed by atoms with Crippen molar-refractivity contribution in [3.63, 3.8) is 0 Å². The van der Waals surface area contributed by atoms with Gasteiger partial charge in [0.2, 0.25) is 5.91 Å². The minimum absolute atomic E-state index is 0.103. The molecule has 0 N–H and O–H groups in total. The molecule has 2 aromatic rings. The summed E-state index contributed by atoms with van der Waals surface area (Å²) in [6.07, 6.45) is 0. The number of hydrogen-bond donors (Lipinski definition) is 0. The molecule has 0 spiro atoms. The standard InChI is InChI=1S/C17H22N2O2S/c1-18(2)17(20)13-19(12-15-8-6-10-22-15)11-14-7-4-5-9-16(14)21-3/h4-10H,11-13H2,1-3H3. The second-order valence-corrected chi connectivity index (χ2v) is 6.36. The third-order valence-corrected chi connectivity index (χ3v) is 4.26. The van der Waals surface area contributed by atoms with Gasteiger partial charge in [-0.05, 0) is 17.5 Å². The minimum atomic E-state index is 0.103. The quantitative estimate of drug-likeness (QED) is 0.787. The van der Waals surface area contributed by atoms with Crippen molar-refractivity contribution >= 4 is 17.2 Å². The molecule has 0 radical (unpaired) electrons. The van der Waals surface area contributed by atoms with Gasteiger partial charge in [0, 0.05) is 37.6 Å². The lowest BCUT2D eigenvalue weighted by Gasteiger charge is -2.24. The first-order valence-corrected chi connectivity index (χ1v) is 8.05. The van der Waals surface area contributed by atoms with E-state index < -0.39 is 0 Å². The molecule has 1 aromatic heterocycles. The maximum absolute atomic E-state index is 12.1. The number of ether oxygens (including phenoxy) is 1.